The summed E-state index contributed by atoms with van der Waals surface area (Å²) in [6.45, 7) is 5.89. The van der Waals surface area contributed by atoms with Gasteiger partial charge in [-0.15, -0.1) is 0 Å². The summed E-state index contributed by atoms with van der Waals surface area (Å²) in [7, 11) is 0. The summed E-state index contributed by atoms with van der Waals surface area (Å²) in [5.41, 5.74) is 1.22. The molecule has 4 nitrogen and oxygen atoms in total. The molecule has 1 aliphatic heterocycles. The molecule has 0 aromatic heterocycles. The van der Waals surface area contributed by atoms with Crippen LogP contribution in [0.3, 0.4) is 0 Å². The van der Waals surface area contributed by atoms with Gasteiger partial charge >= 0.3 is 0 Å². The molecule has 1 heterocycles. The van der Waals surface area contributed by atoms with Crippen LogP contribution in [0.2, 0.25) is 0 Å². The molecular formula is C15H17NO3. The minimum atomic E-state index is -0.933. The molecule has 4 atom stereocenters. The summed E-state index contributed by atoms with van der Waals surface area (Å²) in [5, 5.41) is 18.4. The molecule has 1 N–H and O–H groups in total. The Kier molecular flexibility index (Phi) is 4.33. The molecule has 0 unspecified atom stereocenters. The highest BCUT2D eigenvalue weighted by atomic mass is 16.6. The summed E-state index contributed by atoms with van der Waals surface area (Å²) < 4.78 is 11.1. The van der Waals surface area contributed by atoms with Gasteiger partial charge in [-0.05, 0) is 12.5 Å². The molecule has 1 fully saturated rings. The van der Waals surface area contributed by atoms with Crippen LogP contribution < -0.4 is 0 Å². The number of aliphatic hydroxyl groups excluding tert-OH is 1. The summed E-state index contributed by atoms with van der Waals surface area (Å²) in [6, 6.07) is 11.7. The standard InChI is InChI=1S/C15H17NO3/c1-10(8-16)13(17)15-14(19-15)11(2)18-9-12-6-4-3-5-7-12/h3-7,11,13-15,17H,1,9H2,2H3/t11-,13-,14-,15-/m0/s1. The van der Waals surface area contributed by atoms with Crippen molar-refractivity contribution in [3.63, 3.8) is 0 Å². The quantitative estimate of drug-likeness (QED) is 0.625. The van der Waals surface area contributed by atoms with Gasteiger partial charge in [0.05, 0.1) is 24.4 Å². The highest BCUT2D eigenvalue weighted by molar-refractivity contribution is 5.25. The fraction of sp³-hybridized carbons (Fsp3) is 0.400. The maximum absolute atomic E-state index is 9.76. The van der Waals surface area contributed by atoms with E-state index in [9.17, 15) is 5.11 Å². The molecule has 19 heavy (non-hydrogen) atoms. The smallest absolute Gasteiger partial charge is 0.118 e. The highest BCUT2D eigenvalue weighted by Crippen LogP contribution is 2.32. The molecule has 1 aliphatic rings. The Labute approximate surface area is 112 Å². The molecule has 0 saturated carbocycles. The topological polar surface area (TPSA) is 65.8 Å². The van der Waals surface area contributed by atoms with E-state index in [2.05, 4.69) is 6.58 Å². The largest absolute Gasteiger partial charge is 0.385 e. The second-order valence-corrected chi connectivity index (χ2v) is 4.65. The number of benzene rings is 1. The Morgan fingerprint density at radius 3 is 2.79 bits per heavy atom. The second kappa shape index (κ2) is 5.98. The van der Waals surface area contributed by atoms with Crippen LogP contribution in [0.4, 0.5) is 0 Å². The van der Waals surface area contributed by atoms with Gasteiger partial charge < -0.3 is 14.6 Å². The van der Waals surface area contributed by atoms with Crippen molar-refractivity contribution in [2.75, 3.05) is 0 Å². The van der Waals surface area contributed by atoms with E-state index in [1.165, 1.54) is 0 Å². The summed E-state index contributed by atoms with van der Waals surface area (Å²) >= 11 is 0. The van der Waals surface area contributed by atoms with E-state index < -0.39 is 6.10 Å². The third-order valence-corrected chi connectivity index (χ3v) is 3.19. The van der Waals surface area contributed by atoms with Crippen molar-refractivity contribution in [1.82, 2.24) is 0 Å². The van der Waals surface area contributed by atoms with Crippen molar-refractivity contribution in [3.8, 4) is 6.07 Å². The molecule has 0 radical (unpaired) electrons. The lowest BCUT2D eigenvalue weighted by atomic mass is 10.1. The van der Waals surface area contributed by atoms with Crippen molar-refractivity contribution >= 4 is 0 Å². The van der Waals surface area contributed by atoms with Gasteiger partial charge in [-0.1, -0.05) is 36.9 Å². The predicted octanol–water partition coefficient (Wildman–Crippen LogP) is 1.80. The first-order valence-corrected chi connectivity index (χ1v) is 6.21. The maximum atomic E-state index is 9.76. The van der Waals surface area contributed by atoms with Gasteiger partial charge in [-0.2, -0.15) is 5.26 Å². The van der Waals surface area contributed by atoms with Gasteiger partial charge in [0.1, 0.15) is 18.3 Å². The summed E-state index contributed by atoms with van der Waals surface area (Å²) in [5.74, 6) is 0. The van der Waals surface area contributed by atoms with Crippen molar-refractivity contribution in [2.45, 2.75) is 37.9 Å². The van der Waals surface area contributed by atoms with E-state index in [1.54, 1.807) is 0 Å². The van der Waals surface area contributed by atoms with Crippen LogP contribution >= 0.6 is 0 Å². The predicted molar refractivity (Wildman–Crippen MR) is 70.1 cm³/mol. The molecule has 2 rings (SSSR count). The van der Waals surface area contributed by atoms with E-state index in [0.29, 0.717) is 6.61 Å². The van der Waals surface area contributed by atoms with Gasteiger partial charge in [0, 0.05) is 0 Å². The number of rotatable bonds is 6. The number of nitrogens with zero attached hydrogens (tertiary/aromatic N) is 1. The molecule has 4 heteroatoms. The first-order chi connectivity index (χ1) is 9.13. The fourth-order valence-electron chi connectivity index (χ4n) is 1.93. The average molecular weight is 259 g/mol. The Balaban J connectivity index is 1.79. The lowest BCUT2D eigenvalue weighted by Crippen LogP contribution is -2.24. The molecule has 100 valence electrons. The second-order valence-electron chi connectivity index (χ2n) is 4.65. The van der Waals surface area contributed by atoms with Crippen molar-refractivity contribution in [2.24, 2.45) is 0 Å². The molecule has 0 amide bonds. The first-order valence-electron chi connectivity index (χ1n) is 6.21. The first kappa shape index (κ1) is 13.8. The molecular weight excluding hydrogens is 242 g/mol. The maximum Gasteiger partial charge on any atom is 0.118 e. The monoisotopic (exact) mass is 259 g/mol. The third kappa shape index (κ3) is 3.42. The average Bonchev–Trinajstić information content (AvgIpc) is 3.24. The van der Waals surface area contributed by atoms with Gasteiger partial charge in [-0.3, -0.25) is 0 Å². The van der Waals surface area contributed by atoms with Crippen LogP contribution in [0.5, 0.6) is 0 Å². The normalized spacial score (nSPS) is 24.3. The van der Waals surface area contributed by atoms with Crippen molar-refractivity contribution < 1.29 is 14.6 Å². The summed E-state index contributed by atoms with van der Waals surface area (Å²) in [4.78, 5) is 0. The number of ether oxygens (including phenoxy) is 2. The zero-order valence-electron chi connectivity index (χ0n) is 10.8. The number of epoxide rings is 1. The van der Waals surface area contributed by atoms with Gasteiger partial charge in [0.2, 0.25) is 0 Å². The Morgan fingerprint density at radius 2 is 2.16 bits per heavy atom. The van der Waals surface area contributed by atoms with Crippen molar-refractivity contribution in [3.05, 3.63) is 48.0 Å². The van der Waals surface area contributed by atoms with Gasteiger partial charge in [0.15, 0.2) is 0 Å². The van der Waals surface area contributed by atoms with E-state index in [-0.39, 0.29) is 23.9 Å². The molecule has 1 saturated heterocycles. The van der Waals surface area contributed by atoms with Crippen LogP contribution in [-0.2, 0) is 16.1 Å². The SMILES string of the molecule is C=C(C#N)[C@H](O)[C@@H]1O[C@H]1[C@H](C)OCc1ccccc1. The van der Waals surface area contributed by atoms with Crippen LogP contribution in [0.25, 0.3) is 0 Å². The Morgan fingerprint density at radius 1 is 1.47 bits per heavy atom. The van der Waals surface area contributed by atoms with Crippen LogP contribution in [-0.4, -0.2) is 29.5 Å². The number of aliphatic hydroxyl groups is 1. The van der Waals surface area contributed by atoms with Gasteiger partial charge in [-0.25, -0.2) is 0 Å². The summed E-state index contributed by atoms with van der Waals surface area (Å²) in [6.07, 6.45) is -1.62. The zero-order chi connectivity index (χ0) is 13.8. The molecule has 1 aromatic rings. The van der Waals surface area contributed by atoms with E-state index in [0.717, 1.165) is 5.56 Å². The van der Waals surface area contributed by atoms with E-state index in [1.807, 2.05) is 43.3 Å². The number of hydrogen-bond donors (Lipinski definition) is 1. The Bertz CT molecular complexity index is 480. The fourth-order valence-corrected chi connectivity index (χ4v) is 1.93. The van der Waals surface area contributed by atoms with E-state index in [4.69, 9.17) is 14.7 Å². The van der Waals surface area contributed by atoms with Crippen LogP contribution in [0.1, 0.15) is 12.5 Å². The zero-order valence-corrected chi connectivity index (χ0v) is 10.8. The number of nitriles is 1. The molecule has 0 bridgehead atoms. The van der Waals surface area contributed by atoms with Crippen LogP contribution in [0.15, 0.2) is 42.5 Å². The minimum Gasteiger partial charge on any atom is -0.385 e. The minimum absolute atomic E-state index is 0.128. The Hall–Kier alpha value is -1.67. The third-order valence-electron chi connectivity index (χ3n) is 3.19. The van der Waals surface area contributed by atoms with Crippen LogP contribution in [0, 0.1) is 11.3 Å². The van der Waals surface area contributed by atoms with E-state index >= 15 is 0 Å². The number of hydrogen-bond acceptors (Lipinski definition) is 4. The van der Waals surface area contributed by atoms with Crippen molar-refractivity contribution in [1.29, 1.82) is 5.26 Å². The molecule has 1 aromatic carbocycles. The van der Waals surface area contributed by atoms with Gasteiger partial charge in [0.25, 0.3) is 0 Å². The molecule has 0 spiro atoms. The lowest BCUT2D eigenvalue weighted by Gasteiger charge is -2.11. The molecule has 0 aliphatic carbocycles. The highest BCUT2D eigenvalue weighted by Gasteiger charge is 2.49. The lowest BCUT2D eigenvalue weighted by molar-refractivity contribution is 0.0339.